The molecule has 0 unspecified atom stereocenters. The summed E-state index contributed by atoms with van der Waals surface area (Å²) in [6.07, 6.45) is 0. The van der Waals surface area contributed by atoms with Gasteiger partial charge in [0.2, 0.25) is 5.89 Å². The smallest absolute Gasteiger partial charge is 0.268 e. The molecule has 0 saturated heterocycles. The summed E-state index contributed by atoms with van der Waals surface area (Å²) in [6.45, 7) is 4.19. The molecule has 20 heavy (non-hydrogen) atoms. The molecular weight excluding hydrogens is 320 g/mol. The molecule has 5 nitrogen and oxygen atoms in total. The Labute approximate surface area is 124 Å². The summed E-state index contributed by atoms with van der Waals surface area (Å²) in [6, 6.07) is 9.65. The molecule has 1 N–H and O–H groups in total. The van der Waals surface area contributed by atoms with Crippen LogP contribution in [0.15, 0.2) is 39.2 Å². The summed E-state index contributed by atoms with van der Waals surface area (Å²) in [5.41, 5.74) is 2.58. The first-order valence-electron chi connectivity index (χ1n) is 6.29. The molecular formula is C14H13BrN4O. The van der Waals surface area contributed by atoms with Crippen LogP contribution in [-0.2, 0) is 0 Å². The molecule has 0 spiro atoms. The van der Waals surface area contributed by atoms with Gasteiger partial charge in [0.15, 0.2) is 0 Å². The molecule has 0 amide bonds. The number of nitrogens with zero attached hydrogens (tertiary/aromatic N) is 3. The van der Waals surface area contributed by atoms with Crippen LogP contribution in [0.1, 0.15) is 25.5 Å². The summed E-state index contributed by atoms with van der Waals surface area (Å²) in [5, 5.41) is 15.3. The van der Waals surface area contributed by atoms with Crippen LogP contribution in [0.5, 0.6) is 0 Å². The molecule has 1 aromatic carbocycles. The van der Waals surface area contributed by atoms with E-state index in [4.69, 9.17) is 4.42 Å². The highest BCUT2D eigenvalue weighted by atomic mass is 79.9. The Hall–Kier alpha value is -1.95. The largest absolute Gasteiger partial charge is 0.414 e. The molecule has 102 valence electrons. The van der Waals surface area contributed by atoms with Gasteiger partial charge in [0.1, 0.15) is 5.69 Å². The molecule has 0 aliphatic heterocycles. The van der Waals surface area contributed by atoms with Crippen LogP contribution in [-0.4, -0.2) is 20.4 Å². The van der Waals surface area contributed by atoms with Crippen molar-refractivity contribution in [1.82, 2.24) is 20.4 Å². The number of aromatic nitrogens is 4. The van der Waals surface area contributed by atoms with Crippen molar-refractivity contribution >= 4 is 15.9 Å². The lowest BCUT2D eigenvalue weighted by Crippen LogP contribution is -1.85. The number of benzene rings is 1. The number of nitrogens with one attached hydrogen (secondary N) is 1. The third-order valence-electron chi connectivity index (χ3n) is 2.97. The van der Waals surface area contributed by atoms with Gasteiger partial charge >= 0.3 is 0 Å². The molecule has 2 aromatic heterocycles. The monoisotopic (exact) mass is 332 g/mol. The maximum atomic E-state index is 5.69. The first-order valence-corrected chi connectivity index (χ1v) is 7.08. The van der Waals surface area contributed by atoms with E-state index in [-0.39, 0.29) is 0 Å². The van der Waals surface area contributed by atoms with E-state index in [9.17, 15) is 0 Å². The lowest BCUT2D eigenvalue weighted by molar-refractivity contribution is 0.581. The average Bonchev–Trinajstić information content (AvgIpc) is 3.08. The number of rotatable bonds is 3. The minimum atomic E-state index is 0.377. The Kier molecular flexibility index (Phi) is 3.40. The van der Waals surface area contributed by atoms with Crippen molar-refractivity contribution in [3.05, 3.63) is 40.5 Å². The van der Waals surface area contributed by atoms with E-state index < -0.39 is 0 Å². The van der Waals surface area contributed by atoms with Crippen molar-refractivity contribution in [3.63, 3.8) is 0 Å². The van der Waals surface area contributed by atoms with Gasteiger partial charge in [-0.1, -0.05) is 26.0 Å². The van der Waals surface area contributed by atoms with Crippen molar-refractivity contribution in [3.8, 4) is 23.0 Å². The Morgan fingerprint density at radius 1 is 1.15 bits per heavy atom. The number of aromatic amines is 1. The Balaban J connectivity index is 1.96. The predicted octanol–water partition coefficient (Wildman–Crippen LogP) is 4.01. The Morgan fingerprint density at radius 3 is 2.60 bits per heavy atom. The van der Waals surface area contributed by atoms with Gasteiger partial charge in [-0.15, -0.1) is 10.2 Å². The Bertz CT molecular complexity index is 732. The van der Waals surface area contributed by atoms with Crippen LogP contribution in [0.25, 0.3) is 23.0 Å². The summed E-state index contributed by atoms with van der Waals surface area (Å²) in [5.74, 6) is 1.27. The second kappa shape index (κ2) is 5.20. The van der Waals surface area contributed by atoms with Gasteiger partial charge in [0.25, 0.3) is 5.89 Å². The maximum absolute atomic E-state index is 5.69. The molecule has 6 heteroatoms. The molecule has 0 aliphatic rings. The zero-order chi connectivity index (χ0) is 14.1. The number of hydrogen-bond donors (Lipinski definition) is 1. The van der Waals surface area contributed by atoms with Gasteiger partial charge < -0.3 is 4.42 Å². The predicted molar refractivity (Wildman–Crippen MR) is 79.1 cm³/mol. The van der Waals surface area contributed by atoms with E-state index >= 15 is 0 Å². The fraction of sp³-hybridized carbons (Fsp3) is 0.214. The molecule has 0 atom stereocenters. The fourth-order valence-corrected chi connectivity index (χ4v) is 2.27. The highest BCUT2D eigenvalue weighted by molar-refractivity contribution is 9.10. The van der Waals surface area contributed by atoms with Gasteiger partial charge in [0, 0.05) is 10.2 Å². The van der Waals surface area contributed by atoms with E-state index in [0.717, 1.165) is 15.7 Å². The average molecular weight is 333 g/mol. The van der Waals surface area contributed by atoms with Crippen LogP contribution < -0.4 is 0 Å². The molecule has 0 fully saturated rings. The van der Waals surface area contributed by atoms with Crippen molar-refractivity contribution in [2.45, 2.75) is 19.8 Å². The van der Waals surface area contributed by atoms with Crippen LogP contribution in [0.2, 0.25) is 0 Å². The first kappa shape index (κ1) is 13.1. The lowest BCUT2D eigenvalue weighted by Gasteiger charge is -1.97. The van der Waals surface area contributed by atoms with Gasteiger partial charge in [-0.05, 0) is 40.0 Å². The van der Waals surface area contributed by atoms with Gasteiger partial charge in [-0.25, -0.2) is 0 Å². The molecule has 3 rings (SSSR count). The van der Waals surface area contributed by atoms with Crippen LogP contribution in [0.4, 0.5) is 0 Å². The van der Waals surface area contributed by atoms with Crippen LogP contribution >= 0.6 is 15.9 Å². The first-order chi connectivity index (χ1) is 9.65. The third kappa shape index (κ3) is 2.38. The summed E-state index contributed by atoms with van der Waals surface area (Å²) >= 11 is 3.47. The van der Waals surface area contributed by atoms with E-state index in [2.05, 4.69) is 50.2 Å². The lowest BCUT2D eigenvalue weighted by atomic mass is 10.1. The van der Waals surface area contributed by atoms with E-state index in [0.29, 0.717) is 23.4 Å². The van der Waals surface area contributed by atoms with E-state index in [1.165, 1.54) is 0 Å². The Morgan fingerprint density at radius 2 is 1.90 bits per heavy atom. The van der Waals surface area contributed by atoms with Crippen molar-refractivity contribution in [2.75, 3.05) is 0 Å². The topological polar surface area (TPSA) is 67.6 Å². The zero-order valence-corrected chi connectivity index (χ0v) is 12.7. The quantitative estimate of drug-likeness (QED) is 0.786. The molecule has 0 saturated carbocycles. The normalized spacial score (nSPS) is 11.2. The molecule has 0 radical (unpaired) electrons. The number of halogens is 1. The third-order valence-corrected chi connectivity index (χ3v) is 3.66. The number of H-pyrrole nitrogens is 1. The number of hydrogen-bond acceptors (Lipinski definition) is 4. The van der Waals surface area contributed by atoms with Gasteiger partial charge in [0.05, 0.1) is 5.56 Å². The zero-order valence-electron chi connectivity index (χ0n) is 11.1. The molecule has 2 heterocycles. The van der Waals surface area contributed by atoms with Crippen LogP contribution in [0.3, 0.4) is 0 Å². The van der Waals surface area contributed by atoms with E-state index in [1.807, 2.05) is 30.3 Å². The fourth-order valence-electron chi connectivity index (χ4n) is 1.81. The van der Waals surface area contributed by atoms with E-state index in [1.54, 1.807) is 0 Å². The second-order valence-corrected chi connectivity index (χ2v) is 5.61. The minimum Gasteiger partial charge on any atom is -0.414 e. The standard InChI is InChI=1S/C14H13BrN4O/c1-8(2)11-7-12(17-16-11)14-19-18-13(20-14)9-5-3-4-6-10(9)15/h3-8H,1-2H3,(H,16,17). The maximum Gasteiger partial charge on any atom is 0.268 e. The van der Waals surface area contributed by atoms with Crippen molar-refractivity contribution in [2.24, 2.45) is 0 Å². The highest BCUT2D eigenvalue weighted by Gasteiger charge is 2.15. The summed E-state index contributed by atoms with van der Waals surface area (Å²) in [7, 11) is 0. The van der Waals surface area contributed by atoms with Crippen LogP contribution in [0, 0.1) is 0 Å². The SMILES string of the molecule is CC(C)c1cc(-c2nnc(-c3ccccc3Br)o2)n[nH]1. The second-order valence-electron chi connectivity index (χ2n) is 4.76. The minimum absolute atomic E-state index is 0.377. The summed E-state index contributed by atoms with van der Waals surface area (Å²) < 4.78 is 6.61. The molecule has 0 aliphatic carbocycles. The summed E-state index contributed by atoms with van der Waals surface area (Å²) in [4.78, 5) is 0. The van der Waals surface area contributed by atoms with Gasteiger partial charge in [-0.2, -0.15) is 5.10 Å². The molecule has 3 aromatic rings. The molecule has 0 bridgehead atoms. The van der Waals surface area contributed by atoms with Crippen molar-refractivity contribution in [1.29, 1.82) is 0 Å². The highest BCUT2D eigenvalue weighted by Crippen LogP contribution is 2.29. The van der Waals surface area contributed by atoms with Crippen molar-refractivity contribution < 1.29 is 4.42 Å². The van der Waals surface area contributed by atoms with Gasteiger partial charge in [-0.3, -0.25) is 5.10 Å².